The molecule has 23 heavy (non-hydrogen) atoms. The zero-order chi connectivity index (χ0) is 16.4. The molecule has 122 valence electrons. The van der Waals surface area contributed by atoms with E-state index < -0.39 is 7.60 Å². The second kappa shape index (κ2) is 6.71. The summed E-state index contributed by atoms with van der Waals surface area (Å²) in [4.78, 5) is 4.82. The molecule has 0 fully saturated rings. The Morgan fingerprint density at radius 1 is 1.22 bits per heavy atom. The van der Waals surface area contributed by atoms with Gasteiger partial charge in [0, 0.05) is 10.6 Å². The lowest BCUT2D eigenvalue weighted by molar-refractivity contribution is 0.230. The predicted molar refractivity (Wildman–Crippen MR) is 91.8 cm³/mol. The summed E-state index contributed by atoms with van der Waals surface area (Å²) in [5.74, 6) is 0. The van der Waals surface area contributed by atoms with Crippen LogP contribution in [-0.4, -0.2) is 27.8 Å². The summed E-state index contributed by atoms with van der Waals surface area (Å²) in [6, 6.07) is 7.23. The molecular formula is C14H15ClN3O3PS. The number of thiazole rings is 1. The molecule has 0 saturated heterocycles. The average Bonchev–Trinajstić information content (AvgIpc) is 3.09. The first-order chi connectivity index (χ1) is 11.1. The normalized spacial score (nSPS) is 12.1. The topological polar surface area (TPSA) is 65.7 Å². The van der Waals surface area contributed by atoms with Crippen LogP contribution in [0, 0.1) is 0 Å². The van der Waals surface area contributed by atoms with Gasteiger partial charge in [0.15, 0.2) is 0 Å². The van der Waals surface area contributed by atoms with Gasteiger partial charge in [0.05, 0.1) is 13.2 Å². The second-order valence-corrected chi connectivity index (χ2v) is 8.23. The average molecular weight is 372 g/mol. The van der Waals surface area contributed by atoms with E-state index in [0.717, 1.165) is 5.56 Å². The van der Waals surface area contributed by atoms with E-state index in [9.17, 15) is 4.57 Å². The van der Waals surface area contributed by atoms with Crippen LogP contribution in [0.1, 0.15) is 13.8 Å². The van der Waals surface area contributed by atoms with Gasteiger partial charge in [0.1, 0.15) is 16.6 Å². The van der Waals surface area contributed by atoms with Gasteiger partial charge in [0.25, 0.3) is 0 Å². The number of benzene rings is 1. The van der Waals surface area contributed by atoms with Crippen LogP contribution in [0.25, 0.3) is 16.2 Å². The zero-order valence-electron chi connectivity index (χ0n) is 12.6. The molecule has 3 rings (SSSR count). The highest BCUT2D eigenvalue weighted by Gasteiger charge is 2.35. The molecular weight excluding hydrogens is 357 g/mol. The quantitative estimate of drug-likeness (QED) is 0.613. The minimum atomic E-state index is -3.44. The number of nitrogens with zero attached hydrogens (tertiary/aromatic N) is 3. The molecule has 0 amide bonds. The Hall–Kier alpha value is -1.24. The maximum Gasteiger partial charge on any atom is 0.373 e. The van der Waals surface area contributed by atoms with Crippen molar-refractivity contribution < 1.29 is 13.6 Å². The fraction of sp³-hybridized carbons (Fsp3) is 0.286. The largest absolute Gasteiger partial charge is 0.373 e. The lowest BCUT2D eigenvalue weighted by Gasteiger charge is -2.16. The van der Waals surface area contributed by atoms with E-state index in [0.29, 0.717) is 20.3 Å². The Bertz CT molecular complexity index is 852. The minimum Gasteiger partial charge on any atom is -0.305 e. The Morgan fingerprint density at radius 2 is 1.87 bits per heavy atom. The third kappa shape index (κ3) is 3.07. The van der Waals surface area contributed by atoms with Crippen molar-refractivity contribution in [3.05, 3.63) is 35.6 Å². The van der Waals surface area contributed by atoms with E-state index in [2.05, 4.69) is 10.1 Å². The van der Waals surface area contributed by atoms with Crippen molar-refractivity contribution in [3.8, 4) is 11.3 Å². The second-order valence-electron chi connectivity index (χ2n) is 4.55. The van der Waals surface area contributed by atoms with Crippen LogP contribution in [0.3, 0.4) is 0 Å². The first kappa shape index (κ1) is 16.6. The van der Waals surface area contributed by atoms with Gasteiger partial charge in [-0.15, -0.1) is 0 Å². The number of fused-ring (bicyclic) bond motifs is 1. The van der Waals surface area contributed by atoms with Gasteiger partial charge in [-0.3, -0.25) is 4.57 Å². The van der Waals surface area contributed by atoms with E-state index in [1.165, 1.54) is 17.7 Å². The van der Waals surface area contributed by atoms with Gasteiger partial charge in [0.2, 0.25) is 4.96 Å². The highest BCUT2D eigenvalue weighted by atomic mass is 35.5. The van der Waals surface area contributed by atoms with E-state index in [4.69, 9.17) is 20.6 Å². The van der Waals surface area contributed by atoms with Gasteiger partial charge >= 0.3 is 7.60 Å². The Morgan fingerprint density at radius 3 is 2.48 bits per heavy atom. The highest BCUT2D eigenvalue weighted by Crippen LogP contribution is 2.51. The third-order valence-electron chi connectivity index (χ3n) is 3.08. The molecule has 0 aliphatic heterocycles. The van der Waals surface area contributed by atoms with E-state index in [1.807, 2.05) is 12.1 Å². The molecule has 0 saturated carbocycles. The predicted octanol–water partition coefficient (Wildman–Crippen LogP) is 4.00. The summed E-state index contributed by atoms with van der Waals surface area (Å²) in [5.41, 5.74) is 1.48. The molecule has 0 radical (unpaired) electrons. The summed E-state index contributed by atoms with van der Waals surface area (Å²) in [6.07, 6.45) is 1.46. The fourth-order valence-corrected chi connectivity index (χ4v) is 5.62. The first-order valence-corrected chi connectivity index (χ1v) is 9.81. The summed E-state index contributed by atoms with van der Waals surface area (Å²) in [6.45, 7) is 4.13. The molecule has 0 atom stereocenters. The number of aromatic nitrogens is 3. The van der Waals surface area contributed by atoms with Crippen molar-refractivity contribution >= 4 is 40.1 Å². The number of hydrogen-bond donors (Lipinski definition) is 0. The van der Waals surface area contributed by atoms with Crippen LogP contribution >= 0.6 is 30.5 Å². The van der Waals surface area contributed by atoms with Crippen molar-refractivity contribution in [2.75, 3.05) is 13.2 Å². The summed E-state index contributed by atoms with van der Waals surface area (Å²) in [7, 11) is -3.44. The lowest BCUT2D eigenvalue weighted by atomic mass is 10.2. The number of halogens is 1. The standard InChI is InChI=1S/C14H15ClN3O3PS/c1-3-20-22(19,21-4-2)13-12(10-5-7-11(15)8-6-10)18-14(23-13)16-9-17-18/h5-9H,3-4H2,1-2H3. The highest BCUT2D eigenvalue weighted by molar-refractivity contribution is 7.69. The zero-order valence-corrected chi connectivity index (χ0v) is 15.1. The summed E-state index contributed by atoms with van der Waals surface area (Å²) < 4.78 is 26.3. The van der Waals surface area contributed by atoms with Crippen LogP contribution in [0.4, 0.5) is 0 Å². The van der Waals surface area contributed by atoms with E-state index >= 15 is 0 Å². The Labute approximate surface area is 142 Å². The molecule has 2 heterocycles. The number of rotatable bonds is 6. The molecule has 3 aromatic rings. The molecule has 0 spiro atoms. The van der Waals surface area contributed by atoms with Crippen molar-refractivity contribution in [1.29, 1.82) is 0 Å². The van der Waals surface area contributed by atoms with E-state index in [1.54, 1.807) is 30.5 Å². The van der Waals surface area contributed by atoms with Crippen molar-refractivity contribution in [2.24, 2.45) is 0 Å². The molecule has 0 unspecified atom stereocenters. The molecule has 1 aromatic carbocycles. The third-order valence-corrected chi connectivity index (χ3v) is 7.03. The maximum atomic E-state index is 13.2. The molecule has 2 aromatic heterocycles. The van der Waals surface area contributed by atoms with Gasteiger partial charge < -0.3 is 9.05 Å². The van der Waals surface area contributed by atoms with Gasteiger partial charge in [-0.2, -0.15) is 5.10 Å². The molecule has 0 aliphatic rings. The molecule has 0 aliphatic carbocycles. The molecule has 0 N–H and O–H groups in total. The Balaban J connectivity index is 2.24. The van der Waals surface area contributed by atoms with Crippen LogP contribution in [0.5, 0.6) is 0 Å². The minimum absolute atomic E-state index is 0.283. The SMILES string of the molecule is CCOP(=O)(OCC)c1sc2ncnn2c1-c1ccc(Cl)cc1. The van der Waals surface area contributed by atoms with Gasteiger partial charge in [-0.1, -0.05) is 35.1 Å². The Kier molecular flexibility index (Phi) is 4.85. The molecule has 0 bridgehead atoms. The number of hydrogen-bond acceptors (Lipinski definition) is 6. The maximum absolute atomic E-state index is 13.2. The van der Waals surface area contributed by atoms with Crippen LogP contribution in [0.2, 0.25) is 5.02 Å². The van der Waals surface area contributed by atoms with Crippen LogP contribution < -0.4 is 4.62 Å². The lowest BCUT2D eigenvalue weighted by Crippen LogP contribution is -2.11. The van der Waals surface area contributed by atoms with Crippen molar-refractivity contribution in [3.63, 3.8) is 0 Å². The summed E-state index contributed by atoms with van der Waals surface area (Å²) in [5, 5.41) is 4.85. The molecule has 6 nitrogen and oxygen atoms in total. The molecule has 9 heteroatoms. The van der Waals surface area contributed by atoms with Gasteiger partial charge in [-0.05, 0) is 26.0 Å². The van der Waals surface area contributed by atoms with Crippen LogP contribution in [-0.2, 0) is 13.6 Å². The monoisotopic (exact) mass is 371 g/mol. The van der Waals surface area contributed by atoms with Crippen LogP contribution in [0.15, 0.2) is 30.6 Å². The summed E-state index contributed by atoms with van der Waals surface area (Å²) >= 11 is 7.22. The van der Waals surface area contributed by atoms with Crippen molar-refractivity contribution in [2.45, 2.75) is 13.8 Å². The fourth-order valence-electron chi connectivity index (χ4n) is 2.21. The smallest absolute Gasteiger partial charge is 0.305 e. The van der Waals surface area contributed by atoms with Crippen molar-refractivity contribution in [1.82, 2.24) is 14.6 Å². The first-order valence-electron chi connectivity index (χ1n) is 7.07. The van der Waals surface area contributed by atoms with Gasteiger partial charge in [-0.25, -0.2) is 9.50 Å². The van der Waals surface area contributed by atoms with E-state index in [-0.39, 0.29) is 13.2 Å².